The summed E-state index contributed by atoms with van der Waals surface area (Å²) < 4.78 is 8.62. The number of hydrogen-bond acceptors (Lipinski definition) is 7. The minimum Gasteiger partial charge on any atom is -0.376 e. The van der Waals surface area contributed by atoms with Gasteiger partial charge in [-0.1, -0.05) is 16.6 Å². The lowest BCUT2D eigenvalue weighted by atomic mass is 9.77. The molecule has 4 atom stereocenters. The molecule has 150 valence electrons. The zero-order chi connectivity index (χ0) is 18.7. The van der Waals surface area contributed by atoms with Gasteiger partial charge < -0.3 is 9.64 Å². The lowest BCUT2D eigenvalue weighted by Gasteiger charge is -2.37. The van der Waals surface area contributed by atoms with E-state index in [0.29, 0.717) is 23.8 Å². The third-order valence-electron chi connectivity index (χ3n) is 6.98. The molecule has 4 fully saturated rings. The Balaban J connectivity index is 1.21. The maximum Gasteiger partial charge on any atom is 0.208 e. The van der Waals surface area contributed by atoms with Gasteiger partial charge in [0, 0.05) is 31.8 Å². The number of anilines is 1. The highest BCUT2D eigenvalue weighted by Gasteiger charge is 2.45. The summed E-state index contributed by atoms with van der Waals surface area (Å²) in [6, 6.07) is 0.316. The lowest BCUT2D eigenvalue weighted by molar-refractivity contribution is -0.0375. The van der Waals surface area contributed by atoms with Crippen molar-refractivity contribution >= 4 is 16.5 Å². The second kappa shape index (κ2) is 6.76. The molecule has 0 spiro atoms. The van der Waals surface area contributed by atoms with Gasteiger partial charge in [0.2, 0.25) is 5.13 Å². The van der Waals surface area contributed by atoms with Crippen molar-refractivity contribution in [1.29, 1.82) is 0 Å². The first kappa shape index (κ1) is 17.3. The topological polar surface area (TPSA) is 69.0 Å². The molecule has 2 aromatic heterocycles. The molecule has 7 nitrogen and oxygen atoms in total. The summed E-state index contributed by atoms with van der Waals surface area (Å²) in [5.41, 5.74) is 1.18. The Morgan fingerprint density at radius 2 is 1.89 bits per heavy atom. The second-order valence-electron chi connectivity index (χ2n) is 9.28. The van der Waals surface area contributed by atoms with Crippen LogP contribution in [-0.2, 0) is 4.74 Å². The molecule has 4 aliphatic rings. The predicted molar refractivity (Wildman–Crippen MR) is 107 cm³/mol. The first-order valence-electron chi connectivity index (χ1n) is 10.8. The van der Waals surface area contributed by atoms with Gasteiger partial charge >= 0.3 is 0 Å². The Morgan fingerprint density at radius 1 is 1.07 bits per heavy atom. The van der Waals surface area contributed by atoms with E-state index in [-0.39, 0.29) is 6.10 Å². The number of rotatable bonds is 6. The van der Waals surface area contributed by atoms with Crippen LogP contribution in [-0.4, -0.2) is 51.0 Å². The van der Waals surface area contributed by atoms with Crippen molar-refractivity contribution in [2.75, 3.05) is 24.6 Å². The summed E-state index contributed by atoms with van der Waals surface area (Å²) in [4.78, 5) is 2.44. The standard InChI is InChI=1S/C20H28N6OS/c1-12-21-23-20(28-12)25-8-15-6-18(26-10-17(22-24-26)14-4-5-14)19(7-16(15)9-25)27-11-13-2-3-13/h10,13-16,18-19H,2-9,11H2,1H3/t15-,16+,18-,19-/m1/s1. The third-order valence-corrected chi connectivity index (χ3v) is 7.88. The summed E-state index contributed by atoms with van der Waals surface area (Å²) in [5, 5.41) is 19.7. The Hall–Kier alpha value is -1.54. The molecular weight excluding hydrogens is 372 g/mol. The maximum atomic E-state index is 6.48. The first-order chi connectivity index (χ1) is 13.7. The molecule has 2 aromatic rings. The number of nitrogens with zero attached hydrogens (tertiary/aromatic N) is 6. The van der Waals surface area contributed by atoms with Crippen LogP contribution in [0.15, 0.2) is 6.20 Å². The molecule has 0 amide bonds. The van der Waals surface area contributed by atoms with Crippen LogP contribution in [0.1, 0.15) is 61.2 Å². The molecule has 8 heteroatoms. The van der Waals surface area contributed by atoms with E-state index in [1.54, 1.807) is 11.3 Å². The molecule has 1 aliphatic heterocycles. The normalized spacial score (nSPS) is 32.7. The highest BCUT2D eigenvalue weighted by molar-refractivity contribution is 7.15. The van der Waals surface area contributed by atoms with Crippen molar-refractivity contribution < 1.29 is 4.74 Å². The second-order valence-corrected chi connectivity index (χ2v) is 10.4. The van der Waals surface area contributed by atoms with Gasteiger partial charge in [0.15, 0.2) is 0 Å². The predicted octanol–water partition coefficient (Wildman–Crippen LogP) is 3.20. The summed E-state index contributed by atoms with van der Waals surface area (Å²) in [6.07, 6.45) is 9.92. The smallest absolute Gasteiger partial charge is 0.208 e. The van der Waals surface area contributed by atoms with Gasteiger partial charge in [-0.05, 0) is 63.2 Å². The number of aryl methyl sites for hydroxylation is 1. The number of hydrogen-bond donors (Lipinski definition) is 0. The van der Waals surface area contributed by atoms with Crippen molar-refractivity contribution in [3.63, 3.8) is 0 Å². The van der Waals surface area contributed by atoms with Crippen LogP contribution in [0.5, 0.6) is 0 Å². The third kappa shape index (κ3) is 3.34. The van der Waals surface area contributed by atoms with Gasteiger partial charge in [-0.15, -0.1) is 15.3 Å². The number of fused-ring (bicyclic) bond motifs is 1. The Morgan fingerprint density at radius 3 is 2.61 bits per heavy atom. The minimum atomic E-state index is 0.256. The summed E-state index contributed by atoms with van der Waals surface area (Å²) >= 11 is 1.71. The van der Waals surface area contributed by atoms with Gasteiger partial charge in [0.1, 0.15) is 5.01 Å². The lowest BCUT2D eigenvalue weighted by Crippen LogP contribution is -2.38. The quantitative estimate of drug-likeness (QED) is 0.742. The van der Waals surface area contributed by atoms with E-state index in [9.17, 15) is 0 Å². The van der Waals surface area contributed by atoms with E-state index in [2.05, 4.69) is 36.3 Å². The van der Waals surface area contributed by atoms with Crippen molar-refractivity contribution in [2.45, 2.75) is 63.5 Å². The summed E-state index contributed by atoms with van der Waals surface area (Å²) in [7, 11) is 0. The van der Waals surface area contributed by atoms with Crippen molar-refractivity contribution in [1.82, 2.24) is 25.2 Å². The van der Waals surface area contributed by atoms with Crippen molar-refractivity contribution in [2.24, 2.45) is 17.8 Å². The minimum absolute atomic E-state index is 0.256. The molecule has 3 saturated carbocycles. The van der Waals surface area contributed by atoms with Crippen LogP contribution in [0.25, 0.3) is 0 Å². The van der Waals surface area contributed by atoms with Gasteiger partial charge in [-0.2, -0.15) is 0 Å². The van der Waals surface area contributed by atoms with E-state index in [0.717, 1.165) is 48.6 Å². The van der Waals surface area contributed by atoms with Gasteiger partial charge in [-0.25, -0.2) is 4.68 Å². The van der Waals surface area contributed by atoms with Crippen molar-refractivity contribution in [3.05, 3.63) is 16.9 Å². The van der Waals surface area contributed by atoms with E-state index < -0.39 is 0 Å². The molecule has 0 aromatic carbocycles. The molecule has 6 rings (SSSR count). The fraction of sp³-hybridized carbons (Fsp3) is 0.800. The van der Waals surface area contributed by atoms with Crippen LogP contribution in [0.4, 0.5) is 5.13 Å². The fourth-order valence-corrected chi connectivity index (χ4v) is 5.69. The average Bonchev–Trinajstić information content (AvgIpc) is 3.58. The van der Waals surface area contributed by atoms with E-state index in [1.165, 1.54) is 31.4 Å². The van der Waals surface area contributed by atoms with Gasteiger partial charge in [0.05, 0.1) is 17.8 Å². The average molecular weight is 401 g/mol. The Kier molecular flexibility index (Phi) is 4.19. The largest absolute Gasteiger partial charge is 0.376 e. The molecule has 1 saturated heterocycles. The zero-order valence-electron chi connectivity index (χ0n) is 16.4. The molecule has 3 aliphatic carbocycles. The van der Waals surface area contributed by atoms with Crippen molar-refractivity contribution in [3.8, 4) is 0 Å². The molecule has 0 bridgehead atoms. The Labute approximate surface area is 169 Å². The number of ether oxygens (including phenoxy) is 1. The van der Waals surface area contributed by atoms with Crippen LogP contribution in [0, 0.1) is 24.7 Å². The van der Waals surface area contributed by atoms with Crippen LogP contribution >= 0.6 is 11.3 Å². The zero-order valence-corrected chi connectivity index (χ0v) is 17.2. The molecule has 0 N–H and O–H groups in total. The monoisotopic (exact) mass is 400 g/mol. The fourth-order valence-electron chi connectivity index (χ4n) is 4.98. The van der Waals surface area contributed by atoms with E-state index in [4.69, 9.17) is 4.74 Å². The Bertz CT molecular complexity index is 843. The van der Waals surface area contributed by atoms with Gasteiger partial charge in [0.25, 0.3) is 0 Å². The first-order valence-corrected chi connectivity index (χ1v) is 11.6. The maximum absolute atomic E-state index is 6.48. The summed E-state index contributed by atoms with van der Waals surface area (Å²) in [5.74, 6) is 2.79. The highest BCUT2D eigenvalue weighted by Crippen LogP contribution is 2.45. The van der Waals surface area contributed by atoms with E-state index >= 15 is 0 Å². The molecule has 0 radical (unpaired) electrons. The van der Waals surface area contributed by atoms with Crippen LogP contribution < -0.4 is 4.90 Å². The summed E-state index contributed by atoms with van der Waals surface area (Å²) in [6.45, 7) is 5.11. The highest BCUT2D eigenvalue weighted by atomic mass is 32.1. The van der Waals surface area contributed by atoms with Crippen LogP contribution in [0.2, 0.25) is 0 Å². The van der Waals surface area contributed by atoms with E-state index in [1.807, 2.05) is 6.92 Å². The molecule has 0 unspecified atom stereocenters. The number of aromatic nitrogens is 5. The van der Waals surface area contributed by atoms with Gasteiger partial charge in [-0.3, -0.25) is 0 Å². The molecule has 28 heavy (non-hydrogen) atoms. The van der Waals surface area contributed by atoms with Crippen LogP contribution in [0.3, 0.4) is 0 Å². The SMILES string of the molecule is Cc1nnc(N2C[C@H]3C[C@@H](n4cc(C5CC5)nn4)[C@H](OCC4CC4)C[C@H]3C2)s1. The molecule has 3 heterocycles. The molecular formula is C20H28N6OS.